The minimum Gasteiger partial charge on any atom is -0.357 e. The van der Waals surface area contributed by atoms with Gasteiger partial charge in [0, 0.05) is 10.6 Å². The van der Waals surface area contributed by atoms with Gasteiger partial charge in [0.2, 0.25) is 0 Å². The zero-order chi connectivity index (χ0) is 10.2. The van der Waals surface area contributed by atoms with Crippen molar-refractivity contribution in [1.82, 2.24) is 5.32 Å². The fourth-order valence-electron chi connectivity index (χ4n) is 1.55. The molecule has 2 nitrogen and oxygen atoms in total. The summed E-state index contributed by atoms with van der Waals surface area (Å²) in [6.45, 7) is 4.99. The van der Waals surface area contributed by atoms with E-state index in [0.717, 1.165) is 17.2 Å². The molecule has 0 radical (unpaired) electrons. The lowest BCUT2D eigenvalue weighted by molar-refractivity contribution is 0.0989. The molecule has 0 aromatic heterocycles. The van der Waals surface area contributed by atoms with E-state index in [1.165, 1.54) is 0 Å². The Kier molecular flexibility index (Phi) is 2.52. The first-order valence-electron chi connectivity index (χ1n) is 4.72. The van der Waals surface area contributed by atoms with E-state index < -0.39 is 0 Å². The molecule has 0 amide bonds. The number of rotatable bonds is 1. The molecular weight excluding hydrogens is 198 g/mol. The van der Waals surface area contributed by atoms with Crippen molar-refractivity contribution in [1.29, 1.82) is 0 Å². The number of ether oxygens (including phenoxy) is 1. The summed E-state index contributed by atoms with van der Waals surface area (Å²) in [7, 11) is 0. The molecule has 1 aromatic rings. The van der Waals surface area contributed by atoms with Gasteiger partial charge in [-0.15, -0.1) is 0 Å². The summed E-state index contributed by atoms with van der Waals surface area (Å²) in [6.07, 6.45) is 0.00210. The first kappa shape index (κ1) is 9.97. The van der Waals surface area contributed by atoms with Gasteiger partial charge in [-0.2, -0.15) is 0 Å². The number of halogens is 1. The highest BCUT2D eigenvalue weighted by Crippen LogP contribution is 2.26. The normalized spacial score (nSPS) is 25.2. The van der Waals surface area contributed by atoms with Crippen LogP contribution in [-0.2, 0) is 4.74 Å². The maximum Gasteiger partial charge on any atom is 0.134 e. The quantitative estimate of drug-likeness (QED) is 0.772. The molecule has 1 unspecified atom stereocenters. The molecule has 0 bridgehead atoms. The molecule has 1 aromatic carbocycles. The van der Waals surface area contributed by atoms with Crippen LogP contribution >= 0.6 is 11.6 Å². The average Bonchev–Trinajstić information content (AvgIpc) is 2.47. The molecule has 0 aliphatic carbocycles. The number of nitrogens with one attached hydrogen (secondary N) is 1. The molecule has 3 heteroatoms. The van der Waals surface area contributed by atoms with Gasteiger partial charge in [0.1, 0.15) is 6.23 Å². The Labute approximate surface area is 89.2 Å². The summed E-state index contributed by atoms with van der Waals surface area (Å²) < 4.78 is 5.64. The van der Waals surface area contributed by atoms with Crippen molar-refractivity contribution < 1.29 is 4.74 Å². The van der Waals surface area contributed by atoms with Gasteiger partial charge in [0.05, 0.1) is 6.61 Å². The summed E-state index contributed by atoms with van der Waals surface area (Å²) in [5, 5.41) is 4.16. The van der Waals surface area contributed by atoms with Gasteiger partial charge in [0.15, 0.2) is 0 Å². The lowest BCUT2D eigenvalue weighted by Crippen LogP contribution is -2.35. The highest BCUT2D eigenvalue weighted by atomic mass is 35.5. The van der Waals surface area contributed by atoms with Crippen molar-refractivity contribution in [2.24, 2.45) is 0 Å². The monoisotopic (exact) mass is 211 g/mol. The lowest BCUT2D eigenvalue weighted by Gasteiger charge is -2.17. The van der Waals surface area contributed by atoms with Crippen LogP contribution in [-0.4, -0.2) is 12.1 Å². The second-order valence-corrected chi connectivity index (χ2v) is 4.71. The summed E-state index contributed by atoms with van der Waals surface area (Å²) >= 11 is 5.81. The Morgan fingerprint density at radius 3 is 2.50 bits per heavy atom. The molecule has 76 valence electrons. The number of hydrogen-bond acceptors (Lipinski definition) is 2. The third-order valence-electron chi connectivity index (χ3n) is 2.31. The second-order valence-electron chi connectivity index (χ2n) is 4.27. The second kappa shape index (κ2) is 3.54. The van der Waals surface area contributed by atoms with Gasteiger partial charge in [0.25, 0.3) is 0 Å². The Hall–Kier alpha value is -0.570. The molecule has 1 atom stereocenters. The first-order valence-corrected chi connectivity index (χ1v) is 5.09. The van der Waals surface area contributed by atoms with Gasteiger partial charge in [-0.25, -0.2) is 0 Å². The van der Waals surface area contributed by atoms with Gasteiger partial charge >= 0.3 is 0 Å². The highest BCUT2D eigenvalue weighted by molar-refractivity contribution is 6.30. The van der Waals surface area contributed by atoms with E-state index in [1.54, 1.807) is 0 Å². The molecule has 1 heterocycles. The maximum atomic E-state index is 5.81. The summed E-state index contributed by atoms with van der Waals surface area (Å²) in [6, 6.07) is 7.74. The van der Waals surface area contributed by atoms with E-state index in [4.69, 9.17) is 16.3 Å². The number of hydrogen-bond donors (Lipinski definition) is 1. The van der Waals surface area contributed by atoms with E-state index in [-0.39, 0.29) is 11.8 Å². The molecular formula is C11H14ClNO. The average molecular weight is 212 g/mol. The lowest BCUT2D eigenvalue weighted by atomic mass is 10.1. The minimum absolute atomic E-state index is 0.00210. The molecule has 1 N–H and O–H groups in total. The molecule has 0 saturated carbocycles. The Bertz CT molecular complexity index is 321. The van der Waals surface area contributed by atoms with Crippen molar-refractivity contribution in [2.45, 2.75) is 25.6 Å². The van der Waals surface area contributed by atoms with Crippen molar-refractivity contribution in [2.75, 3.05) is 6.61 Å². The van der Waals surface area contributed by atoms with E-state index in [0.29, 0.717) is 0 Å². The van der Waals surface area contributed by atoms with Crippen LogP contribution in [0.5, 0.6) is 0 Å². The number of benzene rings is 1. The topological polar surface area (TPSA) is 21.3 Å². The van der Waals surface area contributed by atoms with E-state index >= 15 is 0 Å². The van der Waals surface area contributed by atoms with Crippen LogP contribution in [0.15, 0.2) is 24.3 Å². The third kappa shape index (κ3) is 2.08. The molecule has 0 spiro atoms. The summed E-state index contributed by atoms with van der Waals surface area (Å²) in [5.74, 6) is 0. The van der Waals surface area contributed by atoms with E-state index in [9.17, 15) is 0 Å². The summed E-state index contributed by atoms with van der Waals surface area (Å²) in [4.78, 5) is 0. The van der Waals surface area contributed by atoms with Crippen LogP contribution in [0.4, 0.5) is 0 Å². The Morgan fingerprint density at radius 1 is 1.36 bits per heavy atom. The predicted octanol–water partition coefficient (Wildman–Crippen LogP) is 2.74. The van der Waals surface area contributed by atoms with Gasteiger partial charge in [-0.05, 0) is 31.5 Å². The molecule has 14 heavy (non-hydrogen) atoms. The van der Waals surface area contributed by atoms with Crippen LogP contribution in [0.2, 0.25) is 5.02 Å². The SMILES string of the molecule is CC1(C)COC(c2ccc(Cl)cc2)N1. The zero-order valence-electron chi connectivity index (χ0n) is 8.38. The zero-order valence-corrected chi connectivity index (χ0v) is 9.14. The Morgan fingerprint density at radius 2 is 2.00 bits per heavy atom. The van der Waals surface area contributed by atoms with Crippen molar-refractivity contribution in [3.8, 4) is 0 Å². The van der Waals surface area contributed by atoms with Crippen LogP contribution < -0.4 is 5.32 Å². The highest BCUT2D eigenvalue weighted by Gasteiger charge is 2.31. The van der Waals surface area contributed by atoms with Crippen molar-refractivity contribution in [3.05, 3.63) is 34.9 Å². The van der Waals surface area contributed by atoms with Gasteiger partial charge in [-0.1, -0.05) is 23.7 Å². The summed E-state index contributed by atoms with van der Waals surface area (Å²) in [5.41, 5.74) is 1.18. The van der Waals surface area contributed by atoms with Gasteiger partial charge in [-0.3, -0.25) is 5.32 Å². The molecule has 1 aliphatic heterocycles. The Balaban J connectivity index is 2.14. The predicted molar refractivity (Wildman–Crippen MR) is 57.4 cm³/mol. The molecule has 1 aliphatic rings. The maximum absolute atomic E-state index is 5.81. The minimum atomic E-state index is 0.00210. The first-order chi connectivity index (χ1) is 6.57. The van der Waals surface area contributed by atoms with E-state index in [2.05, 4.69) is 19.2 Å². The fourth-order valence-corrected chi connectivity index (χ4v) is 1.67. The van der Waals surface area contributed by atoms with Crippen LogP contribution in [0.3, 0.4) is 0 Å². The van der Waals surface area contributed by atoms with Crippen LogP contribution in [0, 0.1) is 0 Å². The molecule has 1 saturated heterocycles. The standard InChI is InChI=1S/C11H14ClNO/c1-11(2)7-14-10(13-11)8-3-5-9(12)6-4-8/h3-6,10,13H,7H2,1-2H3. The van der Waals surface area contributed by atoms with Crippen LogP contribution in [0.25, 0.3) is 0 Å². The van der Waals surface area contributed by atoms with Gasteiger partial charge < -0.3 is 4.74 Å². The molecule has 1 fully saturated rings. The van der Waals surface area contributed by atoms with Crippen molar-refractivity contribution >= 4 is 11.6 Å². The fraction of sp³-hybridized carbons (Fsp3) is 0.455. The molecule has 2 rings (SSSR count). The van der Waals surface area contributed by atoms with E-state index in [1.807, 2.05) is 24.3 Å². The van der Waals surface area contributed by atoms with Crippen LogP contribution in [0.1, 0.15) is 25.6 Å². The third-order valence-corrected chi connectivity index (χ3v) is 2.56. The van der Waals surface area contributed by atoms with Crippen molar-refractivity contribution in [3.63, 3.8) is 0 Å². The smallest absolute Gasteiger partial charge is 0.134 e. The largest absolute Gasteiger partial charge is 0.357 e.